The summed E-state index contributed by atoms with van der Waals surface area (Å²) < 4.78 is 12.2. The fourth-order valence-electron chi connectivity index (χ4n) is 6.95. The Labute approximate surface area is 216 Å². The first-order valence-corrected chi connectivity index (χ1v) is 13.8. The minimum absolute atomic E-state index is 0.00307. The largest absolute Gasteiger partial charge is 0.466 e. The maximum absolute atomic E-state index is 14.3. The first-order chi connectivity index (χ1) is 17.1. The van der Waals surface area contributed by atoms with Gasteiger partial charge in [-0.15, -0.1) is 6.58 Å². The molecule has 204 valence electrons. The molecule has 0 saturated carbocycles. The quantitative estimate of drug-likeness (QED) is 0.221. The summed E-state index contributed by atoms with van der Waals surface area (Å²) in [5.74, 6) is -2.17. The number of carbonyl (C=O) groups is 3. The number of esters is 1. The van der Waals surface area contributed by atoms with E-state index in [0.717, 1.165) is 32.1 Å². The maximum atomic E-state index is 14.3. The van der Waals surface area contributed by atoms with Crippen molar-refractivity contribution in [2.45, 2.75) is 103 Å². The van der Waals surface area contributed by atoms with E-state index in [-0.39, 0.29) is 37.0 Å². The number of unbranched alkanes of at least 4 members (excludes halogenated alkanes) is 3. The van der Waals surface area contributed by atoms with E-state index in [9.17, 15) is 14.4 Å². The van der Waals surface area contributed by atoms with Crippen LogP contribution in [0.5, 0.6) is 0 Å². The van der Waals surface area contributed by atoms with Crippen LogP contribution in [-0.2, 0) is 23.9 Å². The van der Waals surface area contributed by atoms with Gasteiger partial charge in [0.1, 0.15) is 17.6 Å². The Balaban J connectivity index is 2.03. The molecule has 8 nitrogen and oxygen atoms in total. The fraction of sp³-hybridized carbons (Fsp3) is 0.821. The number of fused-ring (bicyclic) bond motifs is 1. The van der Waals surface area contributed by atoms with E-state index in [4.69, 9.17) is 14.6 Å². The third-order valence-corrected chi connectivity index (χ3v) is 8.74. The fourth-order valence-corrected chi connectivity index (χ4v) is 6.95. The number of hydrogen-bond donors (Lipinski definition) is 1. The highest BCUT2D eigenvalue weighted by Gasteiger charge is 2.80. The molecule has 3 aliphatic rings. The summed E-state index contributed by atoms with van der Waals surface area (Å²) in [5.41, 5.74) is -1.90. The third-order valence-electron chi connectivity index (χ3n) is 8.74. The lowest BCUT2D eigenvalue weighted by Crippen LogP contribution is -2.58. The summed E-state index contributed by atoms with van der Waals surface area (Å²) in [6.07, 6.45) is 7.21. The molecule has 7 atom stereocenters. The summed E-state index contributed by atoms with van der Waals surface area (Å²) in [5, 5.41) is 9.11. The number of amides is 2. The molecule has 0 aliphatic carbocycles. The summed E-state index contributed by atoms with van der Waals surface area (Å²) in [6.45, 7) is 14.9. The number of ether oxygens (including phenoxy) is 2. The Morgan fingerprint density at radius 2 is 2.00 bits per heavy atom. The smallest absolute Gasteiger partial charge is 0.312 e. The van der Waals surface area contributed by atoms with E-state index < -0.39 is 35.0 Å². The molecule has 0 radical (unpaired) electrons. The van der Waals surface area contributed by atoms with Crippen LogP contribution in [0.25, 0.3) is 0 Å². The van der Waals surface area contributed by atoms with Crippen LogP contribution in [0, 0.1) is 17.8 Å². The molecule has 36 heavy (non-hydrogen) atoms. The second-order valence-corrected chi connectivity index (χ2v) is 11.0. The number of likely N-dealkylation sites (tertiary alicyclic amines) is 1. The average molecular weight is 507 g/mol. The van der Waals surface area contributed by atoms with Crippen molar-refractivity contribution in [1.29, 1.82) is 0 Å². The van der Waals surface area contributed by atoms with Crippen LogP contribution in [0.3, 0.4) is 0 Å². The molecule has 3 saturated heterocycles. The van der Waals surface area contributed by atoms with Crippen LogP contribution < -0.4 is 0 Å². The molecule has 2 bridgehead atoms. The molecule has 0 aromatic carbocycles. The minimum atomic E-state index is -1.05. The Morgan fingerprint density at radius 1 is 1.31 bits per heavy atom. The summed E-state index contributed by atoms with van der Waals surface area (Å²) in [6, 6.07) is -0.791. The Bertz CT molecular complexity index is 833. The molecule has 1 spiro atoms. The van der Waals surface area contributed by atoms with E-state index in [1.807, 2.05) is 25.7 Å². The van der Waals surface area contributed by atoms with Crippen molar-refractivity contribution in [3.63, 3.8) is 0 Å². The van der Waals surface area contributed by atoms with E-state index in [1.54, 1.807) is 17.9 Å². The molecule has 2 amide bonds. The number of carbonyl (C=O) groups excluding carboxylic acids is 3. The standard InChI is InChI=1S/C28H46N2O6/c1-7-14-20(5)29(15-8-2)25(33)23-28-18-19(4)27(6,36-28)22(26(34)35-9-3)21(28)24(32)30(23)16-12-10-11-13-17-31/h8,19-23,31H,2,7,9-18H2,1,3-6H3/t19?,20?,21-,22+,23?,27-,28?/m0/s1. The van der Waals surface area contributed by atoms with Crippen LogP contribution >= 0.6 is 0 Å². The normalized spacial score (nSPS) is 33.5. The summed E-state index contributed by atoms with van der Waals surface area (Å²) >= 11 is 0. The zero-order valence-electron chi connectivity index (χ0n) is 22.8. The van der Waals surface area contributed by atoms with Gasteiger partial charge in [-0.05, 0) is 52.4 Å². The molecule has 3 heterocycles. The molecule has 3 rings (SSSR count). The second kappa shape index (κ2) is 11.6. The molecule has 1 N–H and O–H groups in total. The van der Waals surface area contributed by atoms with Crippen LogP contribution in [0.15, 0.2) is 12.7 Å². The minimum Gasteiger partial charge on any atom is -0.466 e. The van der Waals surface area contributed by atoms with Gasteiger partial charge in [0.25, 0.3) is 0 Å². The van der Waals surface area contributed by atoms with E-state index in [0.29, 0.717) is 25.9 Å². The highest BCUT2D eigenvalue weighted by molar-refractivity contribution is 5.98. The highest BCUT2D eigenvalue weighted by Crippen LogP contribution is 2.65. The number of rotatable bonds is 14. The number of aliphatic hydroxyl groups is 1. The Morgan fingerprint density at radius 3 is 2.61 bits per heavy atom. The van der Waals surface area contributed by atoms with Crippen molar-refractivity contribution in [3.8, 4) is 0 Å². The zero-order chi connectivity index (χ0) is 26.7. The second-order valence-electron chi connectivity index (χ2n) is 11.0. The van der Waals surface area contributed by atoms with E-state index in [2.05, 4.69) is 13.5 Å². The molecule has 0 aromatic rings. The van der Waals surface area contributed by atoms with Gasteiger partial charge in [-0.25, -0.2) is 0 Å². The SMILES string of the molecule is C=CCN(C(=O)C1N(CCCCCCO)C(=O)[C@@H]2[C@H](C(=O)OCC)[C@@]3(C)OC12CC3C)C(C)CCC. The molecular weight excluding hydrogens is 460 g/mol. The van der Waals surface area contributed by atoms with Crippen LogP contribution in [0.4, 0.5) is 0 Å². The molecule has 8 heteroatoms. The van der Waals surface area contributed by atoms with Gasteiger partial charge in [0.05, 0.1) is 18.1 Å². The molecule has 4 unspecified atom stereocenters. The zero-order valence-corrected chi connectivity index (χ0v) is 22.8. The summed E-state index contributed by atoms with van der Waals surface area (Å²) in [4.78, 5) is 45.1. The molecule has 3 fully saturated rings. The monoisotopic (exact) mass is 506 g/mol. The topological polar surface area (TPSA) is 96.4 Å². The molecule has 3 aliphatic heterocycles. The van der Waals surface area contributed by atoms with Gasteiger partial charge >= 0.3 is 5.97 Å². The number of aliphatic hydroxyl groups excluding tert-OH is 1. The number of hydrogen-bond acceptors (Lipinski definition) is 6. The third kappa shape index (κ3) is 4.71. The van der Waals surface area contributed by atoms with Gasteiger partial charge in [-0.1, -0.05) is 39.2 Å². The van der Waals surface area contributed by atoms with Crippen molar-refractivity contribution in [2.24, 2.45) is 17.8 Å². The van der Waals surface area contributed by atoms with Crippen molar-refractivity contribution in [1.82, 2.24) is 9.80 Å². The van der Waals surface area contributed by atoms with Crippen LogP contribution in [0.2, 0.25) is 0 Å². The molecule has 0 aromatic heterocycles. The van der Waals surface area contributed by atoms with Crippen molar-refractivity contribution in [2.75, 3.05) is 26.3 Å². The maximum Gasteiger partial charge on any atom is 0.312 e. The Kier molecular flexibility index (Phi) is 9.25. The molecular formula is C28H46N2O6. The summed E-state index contributed by atoms with van der Waals surface area (Å²) in [7, 11) is 0. The first-order valence-electron chi connectivity index (χ1n) is 13.8. The van der Waals surface area contributed by atoms with Crippen molar-refractivity contribution >= 4 is 17.8 Å². The van der Waals surface area contributed by atoms with Gasteiger partial charge in [0.2, 0.25) is 11.8 Å². The van der Waals surface area contributed by atoms with Gasteiger partial charge in [0.15, 0.2) is 0 Å². The van der Waals surface area contributed by atoms with E-state index in [1.165, 1.54) is 0 Å². The van der Waals surface area contributed by atoms with Gasteiger partial charge in [-0.2, -0.15) is 0 Å². The average Bonchev–Trinajstić information content (AvgIpc) is 3.34. The predicted molar refractivity (Wildman–Crippen MR) is 137 cm³/mol. The lowest BCUT2D eigenvalue weighted by molar-refractivity contribution is -0.162. The predicted octanol–water partition coefficient (Wildman–Crippen LogP) is 3.32. The lowest BCUT2D eigenvalue weighted by atomic mass is 9.62. The van der Waals surface area contributed by atoms with Crippen LogP contribution in [-0.4, -0.2) is 82.3 Å². The van der Waals surface area contributed by atoms with Gasteiger partial charge in [0, 0.05) is 25.7 Å². The lowest BCUT2D eigenvalue weighted by Gasteiger charge is -2.39. The highest BCUT2D eigenvalue weighted by atomic mass is 16.6. The Hall–Kier alpha value is -1.93. The van der Waals surface area contributed by atoms with Gasteiger partial charge in [-0.3, -0.25) is 14.4 Å². The van der Waals surface area contributed by atoms with Crippen molar-refractivity contribution in [3.05, 3.63) is 12.7 Å². The first kappa shape index (κ1) is 28.6. The van der Waals surface area contributed by atoms with Crippen molar-refractivity contribution < 1.29 is 29.0 Å². The number of nitrogens with zero attached hydrogens (tertiary/aromatic N) is 2. The van der Waals surface area contributed by atoms with E-state index >= 15 is 0 Å². The van der Waals surface area contributed by atoms with Crippen LogP contribution in [0.1, 0.15) is 79.6 Å². The van der Waals surface area contributed by atoms with Gasteiger partial charge < -0.3 is 24.4 Å².